The fraction of sp³-hybridized carbons (Fsp3) is 0.517. The molecule has 0 aliphatic rings. The van der Waals surface area contributed by atoms with Gasteiger partial charge in [-0.1, -0.05) is 33.3 Å². The van der Waals surface area contributed by atoms with Crippen LogP contribution in [0.3, 0.4) is 0 Å². The molecule has 2 heterocycles. The van der Waals surface area contributed by atoms with Gasteiger partial charge in [0.1, 0.15) is 16.4 Å². The summed E-state index contributed by atoms with van der Waals surface area (Å²) in [5.74, 6) is 0.245. The molecule has 1 aromatic carbocycles. The largest absolute Gasteiger partial charge is 0.491 e. The molecule has 0 saturated carbocycles. The van der Waals surface area contributed by atoms with E-state index in [4.69, 9.17) is 14.2 Å². The van der Waals surface area contributed by atoms with Gasteiger partial charge in [-0.25, -0.2) is 14.6 Å². The zero-order valence-electron chi connectivity index (χ0n) is 23.9. The van der Waals surface area contributed by atoms with Crippen LogP contribution in [-0.2, 0) is 22.6 Å². The van der Waals surface area contributed by atoms with Crippen molar-refractivity contribution in [3.63, 3.8) is 0 Å². The quantitative estimate of drug-likeness (QED) is 0.222. The van der Waals surface area contributed by atoms with Crippen LogP contribution in [0.1, 0.15) is 77.5 Å². The van der Waals surface area contributed by atoms with E-state index >= 15 is 0 Å². The Morgan fingerprint density at radius 3 is 2.54 bits per heavy atom. The number of carbonyl (C=O) groups is 2. The minimum absolute atomic E-state index is 0.0583. The van der Waals surface area contributed by atoms with E-state index in [-0.39, 0.29) is 30.3 Å². The molecule has 0 atom stereocenters. The van der Waals surface area contributed by atoms with Crippen LogP contribution in [0.2, 0.25) is 0 Å². The van der Waals surface area contributed by atoms with Gasteiger partial charge in [-0.05, 0) is 52.2 Å². The number of nitrogens with one attached hydrogen (secondary N) is 1. The van der Waals surface area contributed by atoms with Gasteiger partial charge in [0.15, 0.2) is 5.69 Å². The van der Waals surface area contributed by atoms with Gasteiger partial charge in [0.05, 0.1) is 30.8 Å². The predicted octanol–water partition coefficient (Wildman–Crippen LogP) is 6.16. The van der Waals surface area contributed by atoms with Gasteiger partial charge in [0.2, 0.25) is 0 Å². The highest BCUT2D eigenvalue weighted by molar-refractivity contribution is 7.13. The first-order chi connectivity index (χ1) is 18.4. The van der Waals surface area contributed by atoms with Crippen LogP contribution in [0.15, 0.2) is 28.4 Å². The third kappa shape index (κ3) is 7.81. The highest BCUT2D eigenvalue weighted by Crippen LogP contribution is 2.34. The Morgan fingerprint density at radius 2 is 1.90 bits per heavy atom. The maximum atomic E-state index is 13.7. The number of alkyl carbamates (subject to hydrolysis) is 1. The third-order valence-electron chi connectivity index (χ3n) is 5.65. The number of aromatic nitrogens is 2. The van der Waals surface area contributed by atoms with Gasteiger partial charge >= 0.3 is 12.1 Å². The molecule has 1 amide bonds. The molecule has 3 aromatic rings. The zero-order chi connectivity index (χ0) is 28.7. The molecule has 0 aliphatic carbocycles. The van der Waals surface area contributed by atoms with Gasteiger partial charge in [-0.2, -0.15) is 0 Å². The van der Waals surface area contributed by atoms with E-state index in [1.54, 1.807) is 43.7 Å². The van der Waals surface area contributed by atoms with Crippen molar-refractivity contribution in [2.24, 2.45) is 5.92 Å². The number of benzene rings is 1. The molecule has 39 heavy (non-hydrogen) atoms. The van der Waals surface area contributed by atoms with Crippen molar-refractivity contribution < 1.29 is 23.8 Å². The molecule has 0 bridgehead atoms. The van der Waals surface area contributed by atoms with E-state index in [1.807, 2.05) is 26.0 Å². The predicted molar refractivity (Wildman–Crippen MR) is 154 cm³/mol. The fourth-order valence-electron chi connectivity index (χ4n) is 3.99. The van der Waals surface area contributed by atoms with Crippen molar-refractivity contribution in [2.45, 2.75) is 80.0 Å². The lowest BCUT2D eigenvalue weighted by Gasteiger charge is -2.23. The first-order valence-electron chi connectivity index (χ1n) is 13.4. The molecule has 0 radical (unpaired) electrons. The van der Waals surface area contributed by atoms with Crippen molar-refractivity contribution in [1.29, 1.82) is 0 Å². The van der Waals surface area contributed by atoms with Crippen LogP contribution in [0, 0.1) is 5.92 Å². The molecular weight excluding hydrogens is 518 g/mol. The summed E-state index contributed by atoms with van der Waals surface area (Å²) in [5.41, 5.74) is 0.741. The topological polar surface area (TPSA) is 109 Å². The number of thiazole rings is 1. The smallest absolute Gasteiger partial charge is 0.407 e. The summed E-state index contributed by atoms with van der Waals surface area (Å²) in [6, 6.07) is 5.46. The van der Waals surface area contributed by atoms with E-state index in [0.717, 1.165) is 18.4 Å². The molecule has 1 N–H and O–H groups in total. The zero-order valence-corrected chi connectivity index (χ0v) is 24.7. The number of ether oxygens (including phenoxy) is 3. The first-order valence-corrected chi connectivity index (χ1v) is 14.2. The minimum atomic E-state index is -0.656. The Bertz CT molecular complexity index is 1370. The van der Waals surface area contributed by atoms with Gasteiger partial charge in [0.25, 0.3) is 5.56 Å². The summed E-state index contributed by atoms with van der Waals surface area (Å²) in [6.45, 7) is 14.5. The molecule has 212 valence electrons. The van der Waals surface area contributed by atoms with Gasteiger partial charge in [-0.3, -0.25) is 4.79 Å². The second-order valence-corrected chi connectivity index (χ2v) is 11.5. The fourth-order valence-corrected chi connectivity index (χ4v) is 4.77. The average molecular weight is 558 g/mol. The summed E-state index contributed by atoms with van der Waals surface area (Å²) in [4.78, 5) is 42.9. The number of pyridine rings is 1. The lowest BCUT2D eigenvalue weighted by Crippen LogP contribution is -2.35. The lowest BCUT2D eigenvalue weighted by molar-refractivity contribution is 0.0510. The summed E-state index contributed by atoms with van der Waals surface area (Å²) in [6.07, 6.45) is 1.20. The Labute approximate surface area is 233 Å². The molecular formula is C29H39N3O6S. The molecule has 2 aromatic heterocycles. The highest BCUT2D eigenvalue weighted by Gasteiger charge is 2.22. The third-order valence-corrected chi connectivity index (χ3v) is 6.55. The summed E-state index contributed by atoms with van der Waals surface area (Å²) < 4.78 is 18.5. The normalized spacial score (nSPS) is 11.6. The number of hydrogen-bond donors (Lipinski definition) is 1. The monoisotopic (exact) mass is 557 g/mol. The number of unbranched alkanes of at least 4 members (excludes halogenated alkanes) is 1. The standard InChI is InChI=1S/C29H39N3O6S/c1-8-10-13-37-24-21-14-19(25-31-22(17-39-25)27(34)36-9-2)11-12-20(21)26(33)32(16-18(3)4)23(24)15-30-28(35)38-29(5,6)7/h11-12,14,17-18H,8-10,13,15-16H2,1-7H3,(H,30,35). The van der Waals surface area contributed by atoms with Crippen LogP contribution in [0.5, 0.6) is 5.75 Å². The second kappa shape index (κ2) is 13.1. The van der Waals surface area contributed by atoms with Gasteiger partial charge < -0.3 is 24.1 Å². The number of fused-ring (bicyclic) bond motifs is 1. The van der Waals surface area contributed by atoms with Gasteiger partial charge in [0, 0.05) is 22.9 Å². The molecule has 3 rings (SSSR count). The molecule has 9 nitrogen and oxygen atoms in total. The number of hydrogen-bond acceptors (Lipinski definition) is 8. The van der Waals surface area contributed by atoms with E-state index in [9.17, 15) is 14.4 Å². The molecule has 0 aliphatic heterocycles. The molecule has 0 spiro atoms. The first kappa shape index (κ1) is 30.1. The second-order valence-electron chi connectivity index (χ2n) is 10.7. The summed E-state index contributed by atoms with van der Waals surface area (Å²) in [5, 5.41) is 6.22. The van der Waals surface area contributed by atoms with Gasteiger partial charge in [-0.15, -0.1) is 11.3 Å². The summed E-state index contributed by atoms with van der Waals surface area (Å²) in [7, 11) is 0. The molecule has 0 saturated heterocycles. The van der Waals surface area contributed by atoms with E-state index in [0.29, 0.717) is 40.4 Å². The summed E-state index contributed by atoms with van der Waals surface area (Å²) >= 11 is 1.32. The average Bonchev–Trinajstić information content (AvgIpc) is 3.35. The molecule has 10 heteroatoms. The Kier molecular flexibility index (Phi) is 10.1. The maximum absolute atomic E-state index is 13.7. The van der Waals surface area contributed by atoms with Crippen molar-refractivity contribution >= 4 is 34.2 Å². The number of nitrogens with zero attached hydrogens (tertiary/aromatic N) is 2. The van der Waals surface area contributed by atoms with E-state index in [1.165, 1.54) is 11.3 Å². The van der Waals surface area contributed by atoms with Crippen LogP contribution in [-0.4, -0.2) is 40.4 Å². The number of amides is 1. The van der Waals surface area contributed by atoms with Crippen LogP contribution < -0.4 is 15.6 Å². The van der Waals surface area contributed by atoms with E-state index < -0.39 is 17.7 Å². The SMILES string of the molecule is CCCCOc1c(CNC(=O)OC(C)(C)C)n(CC(C)C)c(=O)c2ccc(-c3nc(C(=O)OCC)cs3)cc12. The maximum Gasteiger partial charge on any atom is 0.407 e. The van der Waals surface area contributed by atoms with Crippen LogP contribution >= 0.6 is 11.3 Å². The Morgan fingerprint density at radius 1 is 1.15 bits per heavy atom. The highest BCUT2D eigenvalue weighted by atomic mass is 32.1. The van der Waals surface area contributed by atoms with Crippen molar-refractivity contribution in [2.75, 3.05) is 13.2 Å². The van der Waals surface area contributed by atoms with Crippen molar-refractivity contribution in [1.82, 2.24) is 14.9 Å². The number of esters is 1. The lowest BCUT2D eigenvalue weighted by atomic mass is 10.0. The van der Waals surface area contributed by atoms with Crippen molar-refractivity contribution in [3.05, 3.63) is 45.3 Å². The molecule has 0 fully saturated rings. The minimum Gasteiger partial charge on any atom is -0.491 e. The Hall–Kier alpha value is -3.40. The van der Waals surface area contributed by atoms with Crippen LogP contribution in [0.4, 0.5) is 4.79 Å². The van der Waals surface area contributed by atoms with Crippen molar-refractivity contribution in [3.8, 4) is 16.3 Å². The van der Waals surface area contributed by atoms with E-state index in [2.05, 4.69) is 17.2 Å². The van der Waals surface area contributed by atoms with Crippen LogP contribution in [0.25, 0.3) is 21.3 Å². The number of rotatable bonds is 11. The Balaban J connectivity index is 2.16. The molecule has 0 unspecified atom stereocenters. The number of carbonyl (C=O) groups excluding carboxylic acids is 2.